The second-order valence-corrected chi connectivity index (χ2v) is 4.24. The van der Waals surface area contributed by atoms with Crippen molar-refractivity contribution in [3.63, 3.8) is 0 Å². The molecule has 6 heteroatoms. The average molecular weight is 251 g/mol. The van der Waals surface area contributed by atoms with Crippen LogP contribution in [-0.2, 0) is 11.3 Å². The van der Waals surface area contributed by atoms with E-state index in [9.17, 15) is 9.90 Å². The number of carbonyl (C=O) groups is 1. The number of rotatable bonds is 4. The number of β-amino-alcohol motifs (C(OH)–C–C–N with tert-alkyl or cyclic N) is 1. The number of ether oxygens (including phenoxy) is 1. The van der Waals surface area contributed by atoms with Crippen molar-refractivity contribution in [1.82, 2.24) is 15.6 Å². The van der Waals surface area contributed by atoms with Crippen LogP contribution in [-0.4, -0.2) is 41.8 Å². The third-order valence-corrected chi connectivity index (χ3v) is 2.92. The minimum Gasteiger partial charge on any atom is -0.481 e. The van der Waals surface area contributed by atoms with Crippen molar-refractivity contribution in [3.05, 3.63) is 23.9 Å². The van der Waals surface area contributed by atoms with Crippen LogP contribution in [0.3, 0.4) is 0 Å². The van der Waals surface area contributed by atoms with Gasteiger partial charge in [-0.05, 0) is 12.5 Å². The molecule has 0 spiro atoms. The highest BCUT2D eigenvalue weighted by molar-refractivity contribution is 5.82. The maximum absolute atomic E-state index is 11.8. The van der Waals surface area contributed by atoms with Crippen LogP contribution >= 0.6 is 0 Å². The van der Waals surface area contributed by atoms with Crippen LogP contribution in [0.5, 0.6) is 5.88 Å². The number of hydrogen-bond donors (Lipinski definition) is 3. The van der Waals surface area contributed by atoms with E-state index in [2.05, 4.69) is 15.6 Å². The molecule has 2 atom stereocenters. The van der Waals surface area contributed by atoms with Crippen LogP contribution < -0.4 is 15.4 Å². The highest BCUT2D eigenvalue weighted by Crippen LogP contribution is 2.13. The summed E-state index contributed by atoms with van der Waals surface area (Å²) in [4.78, 5) is 15.9. The summed E-state index contributed by atoms with van der Waals surface area (Å²) in [7, 11) is 1.54. The first-order valence-electron chi connectivity index (χ1n) is 5.87. The van der Waals surface area contributed by atoms with E-state index in [0.717, 1.165) is 5.56 Å². The van der Waals surface area contributed by atoms with E-state index in [0.29, 0.717) is 25.4 Å². The first-order chi connectivity index (χ1) is 8.70. The molecule has 0 radical (unpaired) electrons. The van der Waals surface area contributed by atoms with Gasteiger partial charge in [-0.25, -0.2) is 4.98 Å². The monoisotopic (exact) mass is 251 g/mol. The molecule has 2 heterocycles. The number of aliphatic hydroxyl groups excluding tert-OH is 1. The normalized spacial score (nSPS) is 22.8. The highest BCUT2D eigenvalue weighted by atomic mass is 16.5. The number of pyridine rings is 1. The summed E-state index contributed by atoms with van der Waals surface area (Å²) in [6.45, 7) is 0.832. The molecule has 0 bridgehead atoms. The number of aliphatic hydroxyl groups is 1. The Balaban J connectivity index is 1.89. The smallest absolute Gasteiger partial charge is 0.237 e. The molecule has 2 unspecified atom stereocenters. The van der Waals surface area contributed by atoms with E-state index in [1.54, 1.807) is 19.4 Å². The lowest BCUT2D eigenvalue weighted by atomic mass is 10.2. The Kier molecular flexibility index (Phi) is 4.11. The molecular formula is C12H17N3O3. The summed E-state index contributed by atoms with van der Waals surface area (Å²) in [6, 6.07) is 3.33. The minimum absolute atomic E-state index is 0.113. The van der Waals surface area contributed by atoms with Gasteiger partial charge in [-0.1, -0.05) is 6.07 Å². The van der Waals surface area contributed by atoms with Crippen LogP contribution in [0.25, 0.3) is 0 Å². The van der Waals surface area contributed by atoms with Gasteiger partial charge < -0.3 is 20.5 Å². The molecule has 1 aliphatic heterocycles. The van der Waals surface area contributed by atoms with Gasteiger partial charge >= 0.3 is 0 Å². The van der Waals surface area contributed by atoms with Gasteiger partial charge in [-0.2, -0.15) is 0 Å². The Morgan fingerprint density at radius 2 is 2.56 bits per heavy atom. The first kappa shape index (κ1) is 12.8. The molecule has 6 nitrogen and oxygen atoms in total. The fourth-order valence-corrected chi connectivity index (χ4v) is 1.96. The van der Waals surface area contributed by atoms with Gasteiger partial charge in [0.05, 0.1) is 19.3 Å². The summed E-state index contributed by atoms with van der Waals surface area (Å²) in [5.41, 5.74) is 0.826. The van der Waals surface area contributed by atoms with Crippen LogP contribution in [0.15, 0.2) is 18.3 Å². The lowest BCUT2D eigenvalue weighted by Gasteiger charge is -2.12. The van der Waals surface area contributed by atoms with Crippen molar-refractivity contribution < 1.29 is 14.6 Å². The Morgan fingerprint density at radius 1 is 1.72 bits per heavy atom. The van der Waals surface area contributed by atoms with Crippen molar-refractivity contribution in [2.75, 3.05) is 13.7 Å². The maximum Gasteiger partial charge on any atom is 0.237 e. The number of nitrogens with zero attached hydrogens (tertiary/aromatic N) is 1. The Labute approximate surface area is 105 Å². The van der Waals surface area contributed by atoms with E-state index >= 15 is 0 Å². The minimum atomic E-state index is -0.436. The predicted octanol–water partition coefficient (Wildman–Crippen LogP) is -0.571. The Bertz CT molecular complexity index is 425. The summed E-state index contributed by atoms with van der Waals surface area (Å²) >= 11 is 0. The molecule has 1 amide bonds. The largest absolute Gasteiger partial charge is 0.481 e. The van der Waals surface area contributed by atoms with Gasteiger partial charge in [0, 0.05) is 24.8 Å². The second kappa shape index (κ2) is 5.79. The van der Waals surface area contributed by atoms with Crippen molar-refractivity contribution in [2.24, 2.45) is 0 Å². The fraction of sp³-hybridized carbons (Fsp3) is 0.500. The number of methoxy groups -OCH3 is 1. The summed E-state index contributed by atoms with van der Waals surface area (Å²) in [6.07, 6.45) is 1.66. The van der Waals surface area contributed by atoms with Gasteiger partial charge in [0.1, 0.15) is 0 Å². The Morgan fingerprint density at radius 3 is 3.22 bits per heavy atom. The van der Waals surface area contributed by atoms with Crippen LogP contribution in [0.4, 0.5) is 0 Å². The van der Waals surface area contributed by atoms with Gasteiger partial charge in [0.25, 0.3) is 0 Å². The van der Waals surface area contributed by atoms with Crippen LogP contribution in [0.2, 0.25) is 0 Å². The van der Waals surface area contributed by atoms with Crippen LogP contribution in [0, 0.1) is 0 Å². The number of aromatic nitrogens is 1. The van der Waals surface area contributed by atoms with E-state index in [1.165, 1.54) is 0 Å². The molecule has 18 heavy (non-hydrogen) atoms. The van der Waals surface area contributed by atoms with Gasteiger partial charge in [-0.3, -0.25) is 4.79 Å². The quantitative estimate of drug-likeness (QED) is 0.667. The molecule has 3 N–H and O–H groups in total. The number of amides is 1. The predicted molar refractivity (Wildman–Crippen MR) is 65.1 cm³/mol. The lowest BCUT2D eigenvalue weighted by molar-refractivity contribution is -0.123. The summed E-state index contributed by atoms with van der Waals surface area (Å²) < 4.78 is 5.10. The van der Waals surface area contributed by atoms with Crippen LogP contribution in [0.1, 0.15) is 12.0 Å². The highest BCUT2D eigenvalue weighted by Gasteiger charge is 2.27. The van der Waals surface area contributed by atoms with Gasteiger partial charge in [-0.15, -0.1) is 0 Å². The fourth-order valence-electron chi connectivity index (χ4n) is 1.96. The molecule has 1 aromatic rings. The van der Waals surface area contributed by atoms with Crippen molar-refractivity contribution >= 4 is 5.91 Å². The maximum atomic E-state index is 11.8. The molecule has 1 aromatic heterocycles. The molecular weight excluding hydrogens is 234 g/mol. The van der Waals surface area contributed by atoms with Crippen molar-refractivity contribution in [1.29, 1.82) is 0 Å². The molecule has 1 saturated heterocycles. The zero-order valence-electron chi connectivity index (χ0n) is 10.2. The number of nitrogens with one attached hydrogen (secondary N) is 2. The van der Waals surface area contributed by atoms with E-state index in [1.807, 2.05) is 6.07 Å². The number of hydrogen-bond acceptors (Lipinski definition) is 5. The second-order valence-electron chi connectivity index (χ2n) is 4.24. The third kappa shape index (κ3) is 2.96. The topological polar surface area (TPSA) is 83.5 Å². The lowest BCUT2D eigenvalue weighted by Crippen LogP contribution is -2.40. The first-order valence-corrected chi connectivity index (χ1v) is 5.87. The molecule has 1 fully saturated rings. The zero-order chi connectivity index (χ0) is 13.0. The molecule has 2 rings (SSSR count). The number of carbonyl (C=O) groups excluding carboxylic acids is 1. The molecule has 98 valence electrons. The zero-order valence-corrected chi connectivity index (χ0v) is 10.2. The van der Waals surface area contributed by atoms with E-state index in [-0.39, 0.29) is 11.9 Å². The molecule has 0 aliphatic carbocycles. The standard InChI is InChI=1S/C12H17N3O3/c1-18-12-8(3-2-4-13-12)6-15-11(17)10-5-9(16)7-14-10/h2-4,9-10,14,16H,5-7H2,1H3,(H,15,17). The Hall–Kier alpha value is -1.66. The molecule has 0 saturated carbocycles. The molecule has 1 aliphatic rings. The third-order valence-electron chi connectivity index (χ3n) is 2.92. The summed E-state index contributed by atoms with van der Waals surface area (Å²) in [5, 5.41) is 15.1. The van der Waals surface area contributed by atoms with Crippen molar-refractivity contribution in [2.45, 2.75) is 25.1 Å². The SMILES string of the molecule is COc1ncccc1CNC(=O)C1CC(O)CN1. The summed E-state index contributed by atoms with van der Waals surface area (Å²) in [5.74, 6) is 0.398. The van der Waals surface area contributed by atoms with E-state index in [4.69, 9.17) is 4.74 Å². The van der Waals surface area contributed by atoms with Crippen molar-refractivity contribution in [3.8, 4) is 5.88 Å². The molecule has 0 aromatic carbocycles. The van der Waals surface area contributed by atoms with E-state index < -0.39 is 6.10 Å². The van der Waals surface area contributed by atoms with Gasteiger partial charge in [0.15, 0.2) is 0 Å². The average Bonchev–Trinajstić information content (AvgIpc) is 2.83. The van der Waals surface area contributed by atoms with Gasteiger partial charge in [0.2, 0.25) is 11.8 Å².